The second kappa shape index (κ2) is 21.7. The summed E-state index contributed by atoms with van der Waals surface area (Å²) in [5, 5.41) is 11.5. The predicted octanol–water partition coefficient (Wildman–Crippen LogP) is 2.66. The van der Waals surface area contributed by atoms with E-state index in [0.29, 0.717) is 79.3 Å². The first-order chi connectivity index (χ1) is 30.0. The molecule has 8 rings (SSSR count). The van der Waals surface area contributed by atoms with Crippen LogP contribution in [-0.4, -0.2) is 178 Å². The van der Waals surface area contributed by atoms with Crippen molar-refractivity contribution in [3.05, 3.63) is 49.1 Å². The normalized spacial score (nSPS) is 16.1. The summed E-state index contributed by atoms with van der Waals surface area (Å²) in [6.45, 7) is 14.1. The lowest BCUT2D eigenvalue weighted by Gasteiger charge is -2.17. The highest BCUT2D eigenvalue weighted by Crippen LogP contribution is 2.30. The van der Waals surface area contributed by atoms with Gasteiger partial charge < -0.3 is 48.5 Å². The number of fused-ring (bicyclic) bond motifs is 2. The van der Waals surface area contributed by atoms with E-state index in [2.05, 4.69) is 52.1 Å². The topological polar surface area (TPSA) is 225 Å². The average molecular weight is 855 g/mol. The van der Waals surface area contributed by atoms with Gasteiger partial charge in [-0.25, -0.2) is 44.7 Å². The number of aromatic nitrogens is 12. The quantitative estimate of drug-likeness (QED) is 0.170. The van der Waals surface area contributed by atoms with E-state index in [1.807, 2.05) is 67.9 Å². The molecule has 2 saturated heterocycles. The van der Waals surface area contributed by atoms with Gasteiger partial charge >= 0.3 is 6.09 Å². The number of hydrogen-bond donors (Lipinski definition) is 2. The maximum Gasteiger partial charge on any atom is 0.409 e. The minimum atomic E-state index is -0.317. The molecular formula is C41H58N16O5. The zero-order valence-electron chi connectivity index (χ0n) is 36.9. The van der Waals surface area contributed by atoms with Crippen molar-refractivity contribution < 1.29 is 24.1 Å². The molecule has 332 valence electrons. The minimum Gasteiger partial charge on any atom is -0.471 e. The van der Waals surface area contributed by atoms with E-state index in [9.17, 15) is 4.79 Å². The van der Waals surface area contributed by atoms with Crippen LogP contribution in [0.15, 0.2) is 37.4 Å². The van der Waals surface area contributed by atoms with Crippen LogP contribution in [0.4, 0.5) is 4.79 Å². The number of likely N-dealkylation sites (tertiary alicyclic amines) is 1. The lowest BCUT2D eigenvalue weighted by atomic mass is 10.3. The molecular weight excluding hydrogens is 797 g/mol. The molecule has 2 atom stereocenters. The molecule has 2 aliphatic rings. The maximum absolute atomic E-state index is 12.3. The van der Waals surface area contributed by atoms with Crippen LogP contribution in [0.5, 0.6) is 11.8 Å². The van der Waals surface area contributed by atoms with E-state index < -0.39 is 0 Å². The van der Waals surface area contributed by atoms with Crippen LogP contribution in [-0.2, 0) is 17.8 Å². The first-order valence-corrected chi connectivity index (χ1v) is 20.9. The van der Waals surface area contributed by atoms with Crippen LogP contribution >= 0.6 is 0 Å². The average Bonchev–Trinajstić information content (AvgIpc) is 4.08. The van der Waals surface area contributed by atoms with E-state index in [0.717, 1.165) is 61.0 Å². The number of carbonyl (C=O) groups is 1. The Morgan fingerprint density at radius 2 is 1.26 bits per heavy atom. The molecule has 21 nitrogen and oxygen atoms in total. The number of amides is 1. The van der Waals surface area contributed by atoms with Gasteiger partial charge in [-0.2, -0.15) is 9.97 Å². The number of nitrogens with zero attached hydrogens (tertiary/aromatic N) is 15. The van der Waals surface area contributed by atoms with E-state index in [1.54, 1.807) is 29.7 Å². The largest absolute Gasteiger partial charge is 0.471 e. The summed E-state index contributed by atoms with van der Waals surface area (Å²) in [6.07, 6.45) is 11.4. The van der Waals surface area contributed by atoms with Gasteiger partial charge in [-0.15, -0.1) is 0 Å². The summed E-state index contributed by atoms with van der Waals surface area (Å²) in [5.41, 5.74) is 4.37. The number of aliphatic hydroxyl groups is 1. The van der Waals surface area contributed by atoms with Crippen LogP contribution < -0.4 is 14.8 Å². The molecule has 2 aliphatic heterocycles. The van der Waals surface area contributed by atoms with Crippen molar-refractivity contribution in [3.63, 3.8) is 0 Å². The Bertz CT molecular complexity index is 2350. The molecule has 8 heterocycles. The van der Waals surface area contributed by atoms with Crippen LogP contribution in [0.1, 0.15) is 38.3 Å². The summed E-state index contributed by atoms with van der Waals surface area (Å²) in [7, 11) is 7.73. The number of aryl methyl sites for hydroxylation is 4. The number of rotatable bonds is 13. The van der Waals surface area contributed by atoms with Gasteiger partial charge in [0.15, 0.2) is 22.3 Å². The third kappa shape index (κ3) is 11.5. The highest BCUT2D eigenvalue weighted by Gasteiger charge is 2.30. The van der Waals surface area contributed by atoms with Crippen molar-refractivity contribution >= 4 is 28.4 Å². The standard InChI is InChI=1S/C21H28N8O3.C16H19N7O.C4H11NO/c1-5-29-18(15-10-22-14(2)23-11-15)26-17-19(29)24-13-25-20(17)32-16-6-7-28(12-16)21(30)31-9-8-27(3)4;1-3-23-14(11-6-18-10(2)19-7-11)22-13-15(23)20-9-21-16(13)24-12-4-5-17-8-12;1-5(2)3-4-6/h10-11,13,16H,5-9,12H2,1-4H3;6-7,9,12,17H,3-5,8H2,1-2H3;6H,3-4H2,1-2H3. The zero-order valence-corrected chi connectivity index (χ0v) is 36.9. The molecule has 0 spiro atoms. The molecule has 0 bridgehead atoms. The van der Waals surface area contributed by atoms with Gasteiger partial charge in [0.05, 0.1) is 24.3 Å². The Labute approximate surface area is 361 Å². The summed E-state index contributed by atoms with van der Waals surface area (Å²) >= 11 is 0. The Morgan fingerprint density at radius 3 is 1.69 bits per heavy atom. The summed E-state index contributed by atoms with van der Waals surface area (Å²) in [6, 6.07) is 0. The van der Waals surface area contributed by atoms with Crippen molar-refractivity contribution in [2.24, 2.45) is 0 Å². The van der Waals surface area contributed by atoms with Gasteiger partial charge in [0.25, 0.3) is 0 Å². The summed E-state index contributed by atoms with van der Waals surface area (Å²) < 4.78 is 21.6. The lowest BCUT2D eigenvalue weighted by molar-refractivity contribution is 0.0986. The second-order valence-electron chi connectivity index (χ2n) is 15.3. The lowest BCUT2D eigenvalue weighted by Crippen LogP contribution is -2.33. The molecule has 2 N–H and O–H groups in total. The highest BCUT2D eigenvalue weighted by atomic mass is 16.6. The summed E-state index contributed by atoms with van der Waals surface area (Å²) in [4.78, 5) is 61.9. The van der Waals surface area contributed by atoms with E-state index in [1.165, 1.54) is 12.7 Å². The monoisotopic (exact) mass is 854 g/mol. The molecule has 62 heavy (non-hydrogen) atoms. The van der Waals surface area contributed by atoms with Crippen molar-refractivity contribution in [1.82, 2.24) is 79.0 Å². The molecule has 0 radical (unpaired) electrons. The van der Waals surface area contributed by atoms with Crippen LogP contribution in [0, 0.1) is 13.8 Å². The third-order valence-corrected chi connectivity index (χ3v) is 9.99. The van der Waals surface area contributed by atoms with Crippen molar-refractivity contribution in [1.29, 1.82) is 0 Å². The van der Waals surface area contributed by atoms with Gasteiger partial charge in [-0.05, 0) is 68.9 Å². The second-order valence-corrected chi connectivity index (χ2v) is 15.3. The Kier molecular flexibility index (Phi) is 15.9. The molecule has 21 heteroatoms. The number of ether oxygens (including phenoxy) is 3. The van der Waals surface area contributed by atoms with Crippen molar-refractivity contribution in [3.8, 4) is 34.5 Å². The Balaban J connectivity index is 0.000000188. The highest BCUT2D eigenvalue weighted by molar-refractivity contribution is 5.82. The third-order valence-electron chi connectivity index (χ3n) is 9.99. The number of hydrogen-bond acceptors (Lipinski definition) is 18. The SMILES string of the molecule is CCn1c(-c2cnc(C)nc2)nc2c(OC3CCN(C(=O)OCCN(C)C)C3)ncnc21.CCn1c(-c2cnc(C)nc2)nc2c(OC3CCNC3)ncnc21.CN(C)CCO. The van der Waals surface area contributed by atoms with E-state index >= 15 is 0 Å². The predicted molar refractivity (Wildman–Crippen MR) is 232 cm³/mol. The van der Waals surface area contributed by atoms with Gasteiger partial charge in [-0.1, -0.05) is 0 Å². The number of nitrogens with one attached hydrogen (secondary N) is 1. The van der Waals surface area contributed by atoms with Gasteiger partial charge in [0, 0.05) is 70.5 Å². The number of imidazole rings is 2. The van der Waals surface area contributed by atoms with Crippen LogP contribution in [0.3, 0.4) is 0 Å². The van der Waals surface area contributed by atoms with Gasteiger partial charge in [-0.3, -0.25) is 0 Å². The zero-order chi connectivity index (χ0) is 44.2. The maximum atomic E-state index is 12.3. The Hall–Kier alpha value is -6.03. The number of aliphatic hydroxyl groups excluding tert-OH is 1. The van der Waals surface area contributed by atoms with Crippen LogP contribution in [0.2, 0.25) is 0 Å². The fraction of sp³-hybridized carbons (Fsp3) is 0.537. The molecule has 2 fully saturated rings. The molecule has 2 unspecified atom stereocenters. The number of carbonyl (C=O) groups excluding carboxylic acids is 1. The first kappa shape index (κ1) is 45.5. The Morgan fingerprint density at radius 1 is 0.742 bits per heavy atom. The number of likely N-dealkylation sites (N-methyl/N-ethyl adjacent to an activating group) is 2. The smallest absolute Gasteiger partial charge is 0.409 e. The van der Waals surface area contributed by atoms with Crippen LogP contribution in [0.25, 0.3) is 45.1 Å². The minimum absolute atomic E-state index is 0.126. The van der Waals surface area contributed by atoms with E-state index in [-0.39, 0.29) is 24.9 Å². The molecule has 6 aromatic heterocycles. The van der Waals surface area contributed by atoms with Crippen molar-refractivity contribution in [2.75, 3.05) is 80.7 Å². The molecule has 6 aromatic rings. The summed E-state index contributed by atoms with van der Waals surface area (Å²) in [5.74, 6) is 3.87. The molecule has 1 amide bonds. The first-order valence-electron chi connectivity index (χ1n) is 20.9. The molecule has 0 saturated carbocycles. The van der Waals surface area contributed by atoms with Crippen molar-refractivity contribution in [2.45, 2.75) is 65.8 Å². The fourth-order valence-corrected chi connectivity index (χ4v) is 6.70. The molecule has 0 aliphatic carbocycles. The van der Waals surface area contributed by atoms with Gasteiger partial charge in [0.1, 0.15) is 54.8 Å². The molecule has 0 aromatic carbocycles. The fourth-order valence-electron chi connectivity index (χ4n) is 6.70. The van der Waals surface area contributed by atoms with E-state index in [4.69, 9.17) is 29.3 Å². The van der Waals surface area contributed by atoms with Gasteiger partial charge in [0.2, 0.25) is 11.8 Å².